The molecule has 1 aliphatic heterocycles. The standard InChI is InChI=1S/C24H25Cl2N3O5S/c1-15(23(31)27-16-7-2-3-8-16)28(13-18-19(25)10-6-11-20(18)26)22(30)14-29-24(32)17-9-4-5-12-21(17)35(29,33)34/h4-6,9-12,15-16H,2-3,7-8,13-14H2,1H3,(H,27,31)/t15-/m0/s1. The molecule has 0 bridgehead atoms. The predicted molar refractivity (Wildman–Crippen MR) is 132 cm³/mol. The van der Waals surface area contributed by atoms with Crippen LogP contribution in [-0.4, -0.2) is 54.0 Å². The van der Waals surface area contributed by atoms with E-state index < -0.39 is 34.4 Å². The Bertz CT molecular complexity index is 1260. The first-order valence-electron chi connectivity index (χ1n) is 11.3. The second kappa shape index (κ2) is 10.2. The van der Waals surface area contributed by atoms with Crippen molar-refractivity contribution in [2.24, 2.45) is 0 Å². The Morgan fingerprint density at radius 1 is 1.09 bits per heavy atom. The molecule has 1 saturated carbocycles. The first kappa shape index (κ1) is 25.5. The van der Waals surface area contributed by atoms with Crippen LogP contribution < -0.4 is 5.32 Å². The zero-order valence-corrected chi connectivity index (χ0v) is 21.4. The van der Waals surface area contributed by atoms with Crippen molar-refractivity contribution in [2.45, 2.75) is 56.1 Å². The molecule has 8 nitrogen and oxygen atoms in total. The van der Waals surface area contributed by atoms with Gasteiger partial charge in [-0.05, 0) is 44.0 Å². The lowest BCUT2D eigenvalue weighted by atomic mass is 10.1. The van der Waals surface area contributed by atoms with Crippen molar-refractivity contribution in [3.8, 4) is 0 Å². The minimum atomic E-state index is -4.19. The lowest BCUT2D eigenvalue weighted by Gasteiger charge is -2.31. The van der Waals surface area contributed by atoms with Gasteiger partial charge in [0.2, 0.25) is 11.8 Å². The highest BCUT2D eigenvalue weighted by molar-refractivity contribution is 7.90. The highest BCUT2D eigenvalue weighted by Crippen LogP contribution is 2.31. The first-order chi connectivity index (χ1) is 16.6. The number of carbonyl (C=O) groups is 3. The largest absolute Gasteiger partial charge is 0.352 e. The molecule has 186 valence electrons. The highest BCUT2D eigenvalue weighted by atomic mass is 35.5. The molecule has 1 atom stereocenters. The van der Waals surface area contributed by atoms with Crippen LogP contribution in [0.4, 0.5) is 0 Å². The summed E-state index contributed by atoms with van der Waals surface area (Å²) in [5, 5.41) is 3.57. The molecule has 2 aliphatic rings. The molecule has 3 amide bonds. The monoisotopic (exact) mass is 537 g/mol. The molecule has 4 rings (SSSR count). The minimum absolute atomic E-state index is 0.00743. The Hall–Kier alpha value is -2.62. The number of halogens is 2. The van der Waals surface area contributed by atoms with E-state index in [4.69, 9.17) is 23.2 Å². The van der Waals surface area contributed by atoms with Gasteiger partial charge >= 0.3 is 0 Å². The van der Waals surface area contributed by atoms with Gasteiger partial charge in [0.15, 0.2) is 0 Å². The van der Waals surface area contributed by atoms with Crippen LogP contribution >= 0.6 is 23.2 Å². The molecule has 1 heterocycles. The number of nitrogens with zero attached hydrogens (tertiary/aromatic N) is 2. The van der Waals surface area contributed by atoms with Gasteiger partial charge in [-0.25, -0.2) is 12.7 Å². The summed E-state index contributed by atoms with van der Waals surface area (Å²) < 4.78 is 26.5. The number of benzene rings is 2. The summed E-state index contributed by atoms with van der Waals surface area (Å²) in [6.07, 6.45) is 3.77. The van der Waals surface area contributed by atoms with Crippen molar-refractivity contribution < 1.29 is 22.8 Å². The number of amides is 3. The molecule has 2 aromatic carbocycles. The summed E-state index contributed by atoms with van der Waals surface area (Å²) in [5.41, 5.74) is 0.427. The highest BCUT2D eigenvalue weighted by Gasteiger charge is 2.43. The number of hydrogen-bond donors (Lipinski definition) is 1. The van der Waals surface area contributed by atoms with Gasteiger partial charge in [0.25, 0.3) is 15.9 Å². The van der Waals surface area contributed by atoms with Crippen LogP contribution in [0.25, 0.3) is 0 Å². The Morgan fingerprint density at radius 3 is 2.34 bits per heavy atom. The van der Waals surface area contributed by atoms with E-state index in [-0.39, 0.29) is 29.0 Å². The average Bonchev–Trinajstić information content (AvgIpc) is 3.40. The Morgan fingerprint density at radius 2 is 1.71 bits per heavy atom. The third-order valence-electron chi connectivity index (χ3n) is 6.45. The maximum Gasteiger partial charge on any atom is 0.269 e. The van der Waals surface area contributed by atoms with Crippen molar-refractivity contribution >= 4 is 50.9 Å². The summed E-state index contributed by atoms with van der Waals surface area (Å²) >= 11 is 12.6. The van der Waals surface area contributed by atoms with Crippen molar-refractivity contribution in [3.63, 3.8) is 0 Å². The fraction of sp³-hybridized carbons (Fsp3) is 0.375. The molecule has 1 N–H and O–H groups in total. The molecule has 0 radical (unpaired) electrons. The quantitative estimate of drug-likeness (QED) is 0.580. The lowest BCUT2D eigenvalue weighted by molar-refractivity contribution is -0.140. The molecular weight excluding hydrogens is 513 g/mol. The van der Waals surface area contributed by atoms with Gasteiger partial charge in [-0.3, -0.25) is 14.4 Å². The molecular formula is C24H25Cl2N3O5S. The van der Waals surface area contributed by atoms with E-state index in [0.29, 0.717) is 19.9 Å². The van der Waals surface area contributed by atoms with E-state index in [9.17, 15) is 22.8 Å². The summed E-state index contributed by atoms with van der Waals surface area (Å²) in [4.78, 5) is 40.4. The number of rotatable bonds is 7. The summed E-state index contributed by atoms with van der Waals surface area (Å²) in [6.45, 7) is 0.673. The van der Waals surface area contributed by atoms with Crippen LogP contribution in [0.1, 0.15) is 48.5 Å². The number of fused-ring (bicyclic) bond motifs is 1. The van der Waals surface area contributed by atoms with Gasteiger partial charge in [-0.1, -0.05) is 54.2 Å². The second-order valence-electron chi connectivity index (χ2n) is 8.70. The topological polar surface area (TPSA) is 104 Å². The van der Waals surface area contributed by atoms with E-state index in [0.717, 1.165) is 25.7 Å². The van der Waals surface area contributed by atoms with Crippen molar-refractivity contribution in [3.05, 3.63) is 63.6 Å². The average molecular weight is 538 g/mol. The molecule has 0 aromatic heterocycles. The molecule has 1 fully saturated rings. The molecule has 2 aromatic rings. The predicted octanol–water partition coefficient (Wildman–Crippen LogP) is 3.61. The number of sulfonamides is 1. The SMILES string of the molecule is C[C@@H](C(=O)NC1CCCC1)N(Cc1c(Cl)cccc1Cl)C(=O)CN1C(=O)c2ccccc2S1(=O)=O. The summed E-state index contributed by atoms with van der Waals surface area (Å²) in [5.74, 6) is -1.88. The van der Waals surface area contributed by atoms with Crippen LogP contribution in [0.3, 0.4) is 0 Å². The summed E-state index contributed by atoms with van der Waals surface area (Å²) in [6, 6.07) is 9.74. The van der Waals surface area contributed by atoms with Gasteiger partial charge in [-0.15, -0.1) is 0 Å². The van der Waals surface area contributed by atoms with Crippen molar-refractivity contribution in [1.29, 1.82) is 0 Å². The van der Waals surface area contributed by atoms with E-state index in [1.807, 2.05) is 0 Å². The fourth-order valence-corrected chi connectivity index (χ4v) is 6.46. The van der Waals surface area contributed by atoms with Gasteiger partial charge in [0, 0.05) is 28.2 Å². The van der Waals surface area contributed by atoms with Gasteiger partial charge in [0.05, 0.1) is 5.56 Å². The normalized spacial score (nSPS) is 17.8. The van der Waals surface area contributed by atoms with Crippen molar-refractivity contribution in [2.75, 3.05) is 6.54 Å². The van der Waals surface area contributed by atoms with E-state index in [2.05, 4.69) is 5.32 Å². The van der Waals surface area contributed by atoms with Crippen LogP contribution in [0.5, 0.6) is 0 Å². The van der Waals surface area contributed by atoms with Crippen LogP contribution in [-0.2, 0) is 26.2 Å². The fourth-order valence-electron chi connectivity index (χ4n) is 4.43. The Labute approximate surface area is 214 Å². The van der Waals surface area contributed by atoms with Gasteiger partial charge in [0.1, 0.15) is 17.5 Å². The van der Waals surface area contributed by atoms with Crippen LogP contribution in [0.2, 0.25) is 10.0 Å². The summed E-state index contributed by atoms with van der Waals surface area (Å²) in [7, 11) is -4.19. The van der Waals surface area contributed by atoms with Crippen LogP contribution in [0.15, 0.2) is 47.4 Å². The Kier molecular flexibility index (Phi) is 7.40. The third-order valence-corrected chi connectivity index (χ3v) is 8.95. The first-order valence-corrected chi connectivity index (χ1v) is 13.5. The maximum atomic E-state index is 13.5. The van der Waals surface area contributed by atoms with E-state index in [1.165, 1.54) is 23.1 Å². The molecule has 1 aliphatic carbocycles. The van der Waals surface area contributed by atoms with Crippen molar-refractivity contribution in [1.82, 2.24) is 14.5 Å². The zero-order valence-electron chi connectivity index (χ0n) is 19.0. The number of nitrogens with one attached hydrogen (secondary N) is 1. The Balaban J connectivity index is 1.62. The minimum Gasteiger partial charge on any atom is -0.352 e. The molecule has 0 unspecified atom stereocenters. The third kappa shape index (κ3) is 5.03. The van der Waals surface area contributed by atoms with Gasteiger partial charge in [-0.2, -0.15) is 0 Å². The number of hydrogen-bond acceptors (Lipinski definition) is 5. The maximum absolute atomic E-state index is 13.5. The lowest BCUT2D eigenvalue weighted by Crippen LogP contribution is -2.52. The van der Waals surface area contributed by atoms with E-state index in [1.54, 1.807) is 31.2 Å². The molecule has 11 heteroatoms. The number of carbonyl (C=O) groups excluding carboxylic acids is 3. The molecule has 0 spiro atoms. The van der Waals surface area contributed by atoms with Crippen LogP contribution in [0, 0.1) is 0 Å². The molecule has 0 saturated heterocycles. The van der Waals surface area contributed by atoms with Gasteiger partial charge < -0.3 is 10.2 Å². The van der Waals surface area contributed by atoms with E-state index >= 15 is 0 Å². The zero-order chi connectivity index (χ0) is 25.3. The second-order valence-corrected chi connectivity index (χ2v) is 11.3. The molecule has 35 heavy (non-hydrogen) atoms. The smallest absolute Gasteiger partial charge is 0.269 e.